The molecule has 2 amide bonds. The molecule has 104 valence electrons. The third-order valence-electron chi connectivity index (χ3n) is 2.67. The fourth-order valence-electron chi connectivity index (χ4n) is 1.51. The number of aryl methyl sites for hydroxylation is 1. The first-order valence-electron chi connectivity index (χ1n) is 5.91. The number of carboxylic acids is 1. The van der Waals surface area contributed by atoms with Crippen LogP contribution in [-0.2, 0) is 4.79 Å². The van der Waals surface area contributed by atoms with E-state index in [1.807, 2.05) is 25.1 Å². The molecule has 3 N–H and O–H groups in total. The lowest BCUT2D eigenvalue weighted by atomic mass is 10.2. The van der Waals surface area contributed by atoms with Gasteiger partial charge in [0.1, 0.15) is 0 Å². The molecule has 0 unspecified atom stereocenters. The summed E-state index contributed by atoms with van der Waals surface area (Å²) in [6.45, 7) is 2.03. The van der Waals surface area contributed by atoms with Crippen LogP contribution in [0.5, 0.6) is 0 Å². The van der Waals surface area contributed by atoms with Crippen molar-refractivity contribution in [1.29, 1.82) is 0 Å². The molecule has 6 heteroatoms. The summed E-state index contributed by atoms with van der Waals surface area (Å²) < 4.78 is 0. The number of urea groups is 1. The molecule has 1 aromatic carbocycles. The van der Waals surface area contributed by atoms with Crippen LogP contribution in [0.15, 0.2) is 24.3 Å². The van der Waals surface area contributed by atoms with Crippen molar-refractivity contribution in [3.8, 4) is 0 Å². The van der Waals surface area contributed by atoms with E-state index in [2.05, 4.69) is 5.32 Å². The van der Waals surface area contributed by atoms with Crippen molar-refractivity contribution < 1.29 is 19.8 Å². The van der Waals surface area contributed by atoms with Crippen LogP contribution in [0.3, 0.4) is 0 Å². The summed E-state index contributed by atoms with van der Waals surface area (Å²) in [4.78, 5) is 23.6. The van der Waals surface area contributed by atoms with Crippen LogP contribution in [0.25, 0.3) is 0 Å². The van der Waals surface area contributed by atoms with Crippen LogP contribution >= 0.6 is 0 Å². The predicted molar refractivity (Wildman–Crippen MR) is 71.2 cm³/mol. The third kappa shape index (κ3) is 4.59. The first kappa shape index (κ1) is 15.0. The fourth-order valence-corrected chi connectivity index (χ4v) is 1.51. The first-order valence-corrected chi connectivity index (χ1v) is 5.91. The number of rotatable bonds is 5. The van der Waals surface area contributed by atoms with Crippen molar-refractivity contribution in [3.05, 3.63) is 29.8 Å². The quantitative estimate of drug-likeness (QED) is 0.741. The minimum atomic E-state index is -1.45. The Labute approximate surface area is 111 Å². The third-order valence-corrected chi connectivity index (χ3v) is 2.67. The van der Waals surface area contributed by atoms with Gasteiger partial charge in [0.25, 0.3) is 0 Å². The molecule has 6 nitrogen and oxygen atoms in total. The molecule has 0 aromatic heterocycles. The van der Waals surface area contributed by atoms with Gasteiger partial charge in [0, 0.05) is 25.7 Å². The lowest BCUT2D eigenvalue weighted by Gasteiger charge is -2.18. The van der Waals surface area contributed by atoms with Gasteiger partial charge in [-0.2, -0.15) is 0 Å². The number of carbonyl (C=O) groups excluding carboxylic acids is 1. The van der Waals surface area contributed by atoms with Gasteiger partial charge in [-0.05, 0) is 24.6 Å². The first-order chi connectivity index (χ1) is 8.91. The number of nitrogens with zero attached hydrogens (tertiary/aromatic N) is 1. The minimum absolute atomic E-state index is 0.0251. The number of hydrogen-bond donors (Lipinski definition) is 3. The number of aliphatic hydroxyl groups excluding tert-OH is 1. The summed E-state index contributed by atoms with van der Waals surface area (Å²) in [5.74, 6) is -1.29. The average molecular weight is 266 g/mol. The Morgan fingerprint density at radius 1 is 1.42 bits per heavy atom. The van der Waals surface area contributed by atoms with Gasteiger partial charge in [0.15, 0.2) is 6.10 Å². The average Bonchev–Trinajstić information content (AvgIpc) is 2.37. The normalized spacial score (nSPS) is 11.7. The highest BCUT2D eigenvalue weighted by Gasteiger charge is 2.14. The van der Waals surface area contributed by atoms with Crippen LogP contribution < -0.4 is 10.2 Å². The molecule has 0 bridgehead atoms. The SMILES string of the molecule is Cc1cccc(N(C)C(=O)NCC[C@H](O)C(=O)O)c1. The monoisotopic (exact) mass is 266 g/mol. The second-order valence-corrected chi connectivity index (χ2v) is 4.27. The van der Waals surface area contributed by atoms with Crippen molar-refractivity contribution in [2.24, 2.45) is 0 Å². The molecule has 0 radical (unpaired) electrons. The molecule has 0 aliphatic carbocycles. The minimum Gasteiger partial charge on any atom is -0.479 e. The number of nitrogens with one attached hydrogen (secondary N) is 1. The Bertz CT molecular complexity index is 462. The topological polar surface area (TPSA) is 89.9 Å². The lowest BCUT2D eigenvalue weighted by molar-refractivity contribution is -0.146. The number of benzene rings is 1. The largest absolute Gasteiger partial charge is 0.479 e. The zero-order valence-electron chi connectivity index (χ0n) is 11.0. The van der Waals surface area contributed by atoms with Crippen molar-refractivity contribution in [2.75, 3.05) is 18.5 Å². The molecule has 0 heterocycles. The molecule has 0 saturated heterocycles. The Morgan fingerprint density at radius 2 is 2.11 bits per heavy atom. The van der Waals surface area contributed by atoms with Crippen molar-refractivity contribution >= 4 is 17.7 Å². The lowest BCUT2D eigenvalue weighted by Crippen LogP contribution is -2.39. The van der Waals surface area contributed by atoms with E-state index < -0.39 is 12.1 Å². The van der Waals surface area contributed by atoms with Gasteiger partial charge in [-0.25, -0.2) is 9.59 Å². The molecule has 0 spiro atoms. The maximum Gasteiger partial charge on any atom is 0.332 e. The number of aliphatic hydroxyl groups is 1. The Kier molecular flexibility index (Phi) is 5.32. The van der Waals surface area contributed by atoms with E-state index in [-0.39, 0.29) is 19.0 Å². The molecular formula is C13H18N2O4. The van der Waals surface area contributed by atoms with Gasteiger partial charge in [0.2, 0.25) is 0 Å². The van der Waals surface area contributed by atoms with E-state index in [1.54, 1.807) is 13.1 Å². The Balaban J connectivity index is 2.47. The number of hydrogen-bond acceptors (Lipinski definition) is 3. The van der Waals surface area contributed by atoms with Gasteiger partial charge in [-0.1, -0.05) is 12.1 Å². The summed E-state index contributed by atoms with van der Waals surface area (Å²) in [5.41, 5.74) is 1.79. The van der Waals surface area contributed by atoms with Crippen LogP contribution in [0.2, 0.25) is 0 Å². The van der Waals surface area contributed by atoms with Crippen molar-refractivity contribution in [1.82, 2.24) is 5.32 Å². The molecule has 1 aromatic rings. The zero-order valence-corrected chi connectivity index (χ0v) is 11.0. The Morgan fingerprint density at radius 3 is 2.68 bits per heavy atom. The van der Waals surface area contributed by atoms with Crippen LogP contribution in [0.4, 0.5) is 10.5 Å². The van der Waals surface area contributed by atoms with E-state index in [9.17, 15) is 9.59 Å². The molecular weight excluding hydrogens is 248 g/mol. The summed E-state index contributed by atoms with van der Waals surface area (Å²) >= 11 is 0. The second kappa shape index (κ2) is 6.75. The highest BCUT2D eigenvalue weighted by Crippen LogP contribution is 2.14. The second-order valence-electron chi connectivity index (χ2n) is 4.27. The number of anilines is 1. The van der Waals surface area contributed by atoms with Gasteiger partial charge < -0.3 is 15.5 Å². The van der Waals surface area contributed by atoms with E-state index in [0.717, 1.165) is 11.3 Å². The molecule has 0 aliphatic heterocycles. The van der Waals surface area contributed by atoms with Gasteiger partial charge >= 0.3 is 12.0 Å². The number of carboxylic acid groups (broad SMARTS) is 1. The summed E-state index contributed by atoms with van der Waals surface area (Å²) in [7, 11) is 1.62. The van der Waals surface area contributed by atoms with Crippen LogP contribution in [0.1, 0.15) is 12.0 Å². The predicted octanol–water partition coefficient (Wildman–Crippen LogP) is 0.976. The molecule has 1 rings (SSSR count). The standard InChI is InChI=1S/C13H18N2O4/c1-9-4-3-5-10(8-9)15(2)13(19)14-7-6-11(16)12(17)18/h3-5,8,11,16H,6-7H2,1-2H3,(H,14,19)(H,17,18)/t11-/m0/s1. The van der Waals surface area contributed by atoms with Crippen molar-refractivity contribution in [2.45, 2.75) is 19.4 Å². The van der Waals surface area contributed by atoms with E-state index >= 15 is 0 Å². The molecule has 1 atom stereocenters. The molecule has 0 fully saturated rings. The number of aliphatic carboxylic acids is 1. The summed E-state index contributed by atoms with van der Waals surface area (Å²) in [6.07, 6.45) is -1.48. The molecule has 0 aliphatic rings. The number of amides is 2. The van der Waals surface area contributed by atoms with Crippen LogP contribution in [0, 0.1) is 6.92 Å². The van der Waals surface area contributed by atoms with E-state index in [4.69, 9.17) is 10.2 Å². The number of carbonyl (C=O) groups is 2. The summed E-state index contributed by atoms with van der Waals surface area (Å²) in [6, 6.07) is 7.11. The fraction of sp³-hybridized carbons (Fsp3) is 0.385. The smallest absolute Gasteiger partial charge is 0.332 e. The highest BCUT2D eigenvalue weighted by molar-refractivity contribution is 5.91. The van der Waals surface area contributed by atoms with Crippen LogP contribution in [-0.4, -0.2) is 41.9 Å². The van der Waals surface area contributed by atoms with E-state index in [0.29, 0.717) is 0 Å². The highest BCUT2D eigenvalue weighted by atomic mass is 16.4. The van der Waals surface area contributed by atoms with Gasteiger partial charge in [-0.15, -0.1) is 0 Å². The molecule has 0 saturated carbocycles. The summed E-state index contributed by atoms with van der Waals surface area (Å²) in [5, 5.41) is 20.1. The van der Waals surface area contributed by atoms with Gasteiger partial charge in [-0.3, -0.25) is 4.90 Å². The maximum atomic E-state index is 11.8. The van der Waals surface area contributed by atoms with E-state index in [1.165, 1.54) is 4.90 Å². The maximum absolute atomic E-state index is 11.8. The zero-order chi connectivity index (χ0) is 14.4. The van der Waals surface area contributed by atoms with Gasteiger partial charge in [0.05, 0.1) is 0 Å². The molecule has 19 heavy (non-hydrogen) atoms. The Hall–Kier alpha value is -2.08. The van der Waals surface area contributed by atoms with Crippen molar-refractivity contribution in [3.63, 3.8) is 0 Å².